The molecule has 0 aromatic carbocycles. The lowest BCUT2D eigenvalue weighted by Gasteiger charge is -2.62. The number of hydrogen-bond acceptors (Lipinski definition) is 7. The Morgan fingerprint density at radius 1 is 1.28 bits per heavy atom. The molecule has 0 amide bonds. The van der Waals surface area contributed by atoms with Crippen molar-refractivity contribution >= 4 is 17.7 Å². The summed E-state index contributed by atoms with van der Waals surface area (Å²) in [6.45, 7) is 9.48. The standard InChI is InChI=1S/C22H28O7/c1-10-12-5-6-13-21(8-12,17(10)24)19(26)29-15-7-14(28-11(2)23)20(3,4)16-18(25)27-9-22(13,15)16/h12-16,18,25H,1,5-9H2,2-4H3/t12-,13+,14+,15+,16-,18-,21+,22-/m1/s1. The second-order valence-electron chi connectivity index (χ2n) is 10.2. The number of allylic oxidation sites excluding steroid dienone is 1. The van der Waals surface area contributed by atoms with Crippen LogP contribution < -0.4 is 0 Å². The minimum absolute atomic E-state index is 0.0235. The zero-order chi connectivity index (χ0) is 20.9. The minimum Gasteiger partial charge on any atom is -0.462 e. The van der Waals surface area contributed by atoms with E-state index < -0.39 is 52.6 Å². The number of fused-ring (bicyclic) bond motifs is 1. The molecule has 0 unspecified atom stereocenters. The SMILES string of the molecule is C=C1C(=O)[C@]23C[C@H]1CC[C@@H]2[C@@]12CO[C@@H](O)[C@@H]1C(C)(C)[C@@H](OC(C)=O)C[C@@H]2OC3=O. The average molecular weight is 404 g/mol. The van der Waals surface area contributed by atoms with E-state index in [2.05, 4.69) is 6.58 Å². The van der Waals surface area contributed by atoms with Crippen molar-refractivity contribution in [2.24, 2.45) is 34.0 Å². The molecular weight excluding hydrogens is 376 g/mol. The van der Waals surface area contributed by atoms with Gasteiger partial charge in [0.2, 0.25) is 0 Å². The highest BCUT2D eigenvalue weighted by atomic mass is 16.6. The first-order valence-electron chi connectivity index (χ1n) is 10.5. The first-order chi connectivity index (χ1) is 13.6. The topological polar surface area (TPSA) is 99.1 Å². The van der Waals surface area contributed by atoms with Crippen LogP contribution in [0.1, 0.15) is 46.5 Å². The van der Waals surface area contributed by atoms with Gasteiger partial charge in [-0.25, -0.2) is 0 Å². The number of hydrogen-bond donors (Lipinski definition) is 1. The molecular formula is C22H28O7. The van der Waals surface area contributed by atoms with Crippen LogP contribution in [-0.2, 0) is 28.6 Å². The van der Waals surface area contributed by atoms with Crippen molar-refractivity contribution < 1.29 is 33.7 Å². The van der Waals surface area contributed by atoms with E-state index in [1.54, 1.807) is 0 Å². The lowest BCUT2D eigenvalue weighted by molar-refractivity contribution is -0.256. The van der Waals surface area contributed by atoms with Gasteiger partial charge < -0.3 is 19.3 Å². The number of carbonyl (C=O) groups is 3. The Bertz CT molecular complexity index is 831. The largest absolute Gasteiger partial charge is 0.462 e. The Labute approximate surface area is 169 Å². The summed E-state index contributed by atoms with van der Waals surface area (Å²) < 4.78 is 17.4. The van der Waals surface area contributed by atoms with Gasteiger partial charge in [0.1, 0.15) is 17.6 Å². The molecule has 5 rings (SSSR count). The maximum atomic E-state index is 13.3. The molecule has 0 radical (unpaired) electrons. The highest BCUT2D eigenvalue weighted by Gasteiger charge is 2.78. The van der Waals surface area contributed by atoms with Crippen LogP contribution in [0.2, 0.25) is 0 Å². The molecule has 29 heavy (non-hydrogen) atoms. The predicted molar refractivity (Wildman–Crippen MR) is 99.1 cm³/mol. The number of esters is 2. The Morgan fingerprint density at radius 3 is 2.69 bits per heavy atom. The van der Waals surface area contributed by atoms with E-state index in [4.69, 9.17) is 14.2 Å². The van der Waals surface area contributed by atoms with Gasteiger partial charge in [-0.1, -0.05) is 20.4 Å². The minimum atomic E-state index is -1.22. The Kier molecular flexibility index (Phi) is 3.78. The maximum Gasteiger partial charge on any atom is 0.320 e. The van der Waals surface area contributed by atoms with Crippen molar-refractivity contribution in [3.63, 3.8) is 0 Å². The van der Waals surface area contributed by atoms with Gasteiger partial charge in [0.25, 0.3) is 0 Å². The van der Waals surface area contributed by atoms with Crippen LogP contribution >= 0.6 is 0 Å². The smallest absolute Gasteiger partial charge is 0.320 e. The van der Waals surface area contributed by atoms with Gasteiger partial charge in [-0.05, 0) is 36.7 Å². The first kappa shape index (κ1) is 19.2. The van der Waals surface area contributed by atoms with Gasteiger partial charge in [-0.3, -0.25) is 14.4 Å². The molecule has 5 fully saturated rings. The van der Waals surface area contributed by atoms with Crippen molar-refractivity contribution in [3.05, 3.63) is 12.2 Å². The van der Waals surface area contributed by atoms with Crippen LogP contribution in [0, 0.1) is 34.0 Å². The second-order valence-corrected chi connectivity index (χ2v) is 10.2. The molecule has 8 atom stereocenters. The van der Waals surface area contributed by atoms with Crippen LogP contribution in [0.5, 0.6) is 0 Å². The zero-order valence-corrected chi connectivity index (χ0v) is 17.1. The Hall–Kier alpha value is -1.73. The molecule has 1 N–H and O–H groups in total. The third-order valence-electron chi connectivity index (χ3n) is 8.75. The van der Waals surface area contributed by atoms with Crippen LogP contribution in [0.4, 0.5) is 0 Å². The van der Waals surface area contributed by atoms with Crippen molar-refractivity contribution in [2.45, 2.75) is 65.0 Å². The molecule has 3 saturated carbocycles. The summed E-state index contributed by atoms with van der Waals surface area (Å²) >= 11 is 0. The fourth-order valence-corrected chi connectivity index (χ4v) is 7.60. The number of carbonyl (C=O) groups excluding carboxylic acids is 3. The molecule has 3 aliphatic carbocycles. The van der Waals surface area contributed by atoms with E-state index in [1.165, 1.54) is 6.92 Å². The molecule has 7 heteroatoms. The van der Waals surface area contributed by atoms with Crippen molar-refractivity contribution in [1.29, 1.82) is 0 Å². The average Bonchev–Trinajstić information content (AvgIpc) is 3.09. The molecule has 0 aromatic heterocycles. The van der Waals surface area contributed by atoms with E-state index in [-0.39, 0.29) is 24.2 Å². The summed E-state index contributed by atoms with van der Waals surface area (Å²) in [5.41, 5.74) is -1.98. The number of ketones is 1. The van der Waals surface area contributed by atoms with Gasteiger partial charge in [-0.2, -0.15) is 0 Å². The van der Waals surface area contributed by atoms with E-state index in [1.807, 2.05) is 13.8 Å². The normalized spacial score (nSPS) is 49.7. The van der Waals surface area contributed by atoms with Crippen LogP contribution in [0.3, 0.4) is 0 Å². The number of rotatable bonds is 1. The molecule has 158 valence electrons. The molecule has 0 aromatic rings. The molecule has 7 nitrogen and oxygen atoms in total. The van der Waals surface area contributed by atoms with Crippen LogP contribution in [0.15, 0.2) is 12.2 Å². The van der Waals surface area contributed by atoms with Crippen molar-refractivity contribution in [2.75, 3.05) is 6.61 Å². The van der Waals surface area contributed by atoms with E-state index in [0.29, 0.717) is 24.8 Å². The summed E-state index contributed by atoms with van der Waals surface area (Å²) in [5.74, 6) is -1.76. The predicted octanol–water partition coefficient (Wildman–Crippen LogP) is 1.77. The monoisotopic (exact) mass is 404 g/mol. The molecule has 2 saturated heterocycles. The number of aliphatic hydroxyl groups excluding tert-OH is 1. The summed E-state index contributed by atoms with van der Waals surface area (Å²) in [6.07, 6.45) is 0.125. The van der Waals surface area contributed by atoms with E-state index in [9.17, 15) is 19.5 Å². The van der Waals surface area contributed by atoms with Gasteiger partial charge in [0.05, 0.1) is 6.61 Å². The summed E-state index contributed by atoms with van der Waals surface area (Å²) in [5, 5.41) is 10.9. The second kappa shape index (κ2) is 5.70. The lowest BCUT2D eigenvalue weighted by Crippen LogP contribution is -2.70. The molecule has 5 aliphatic rings. The van der Waals surface area contributed by atoms with Crippen LogP contribution in [0.25, 0.3) is 0 Å². The summed E-state index contributed by atoms with van der Waals surface area (Å²) in [7, 11) is 0. The van der Waals surface area contributed by atoms with Gasteiger partial charge >= 0.3 is 11.9 Å². The van der Waals surface area contributed by atoms with E-state index in [0.717, 1.165) is 6.42 Å². The van der Waals surface area contributed by atoms with Crippen molar-refractivity contribution in [3.8, 4) is 0 Å². The number of ether oxygens (including phenoxy) is 3. The highest BCUT2D eigenvalue weighted by molar-refractivity contribution is 6.15. The van der Waals surface area contributed by atoms with Gasteiger partial charge in [0.15, 0.2) is 12.1 Å². The van der Waals surface area contributed by atoms with Gasteiger partial charge in [0, 0.05) is 30.1 Å². The van der Waals surface area contributed by atoms with E-state index >= 15 is 0 Å². The molecule has 2 heterocycles. The number of Topliss-reactive ketones (excluding diaryl/α,β-unsaturated/α-hetero) is 1. The van der Waals surface area contributed by atoms with Crippen LogP contribution in [-0.4, -0.2) is 47.9 Å². The molecule has 2 spiro atoms. The molecule has 2 aliphatic heterocycles. The quantitative estimate of drug-likeness (QED) is 0.404. The van der Waals surface area contributed by atoms with Gasteiger partial charge in [-0.15, -0.1) is 0 Å². The lowest BCUT2D eigenvalue weighted by atomic mass is 9.43. The third-order valence-corrected chi connectivity index (χ3v) is 8.75. The Morgan fingerprint density at radius 2 is 2.00 bits per heavy atom. The highest BCUT2D eigenvalue weighted by Crippen LogP contribution is 2.71. The summed E-state index contributed by atoms with van der Waals surface area (Å²) in [6, 6.07) is 0. The molecule has 2 bridgehead atoms. The Balaban J connectivity index is 1.66. The zero-order valence-electron chi connectivity index (χ0n) is 17.1. The maximum absolute atomic E-state index is 13.3. The van der Waals surface area contributed by atoms with Crippen molar-refractivity contribution in [1.82, 2.24) is 0 Å². The summed E-state index contributed by atoms with van der Waals surface area (Å²) in [4.78, 5) is 38.3. The fourth-order valence-electron chi connectivity index (χ4n) is 7.60. The third kappa shape index (κ3) is 2.08. The first-order valence-corrected chi connectivity index (χ1v) is 10.5. The fraction of sp³-hybridized carbons (Fsp3) is 0.773. The number of aliphatic hydroxyl groups is 1.